The van der Waals surface area contributed by atoms with Crippen LogP contribution in [-0.4, -0.2) is 22.8 Å². The number of hydrogen-bond acceptors (Lipinski definition) is 5. The molecule has 0 N–H and O–H groups in total. The second kappa shape index (κ2) is 7.52. The number of carbonyl (C=O) groups is 1. The fourth-order valence-corrected chi connectivity index (χ4v) is 2.41. The molecule has 0 aliphatic heterocycles. The third kappa shape index (κ3) is 5.10. The minimum atomic E-state index is -0.223. The number of halogens is 1. The number of hydrogen-bond donors (Lipinski definition) is 0. The van der Waals surface area contributed by atoms with E-state index in [2.05, 4.69) is 4.98 Å². The second-order valence-electron chi connectivity index (χ2n) is 4.66. The van der Waals surface area contributed by atoms with Crippen molar-refractivity contribution in [1.29, 1.82) is 0 Å². The first-order valence-corrected chi connectivity index (χ1v) is 8.05. The van der Waals surface area contributed by atoms with Crippen molar-refractivity contribution in [3.63, 3.8) is 0 Å². The van der Waals surface area contributed by atoms with Crippen LogP contribution in [0.25, 0.3) is 11.3 Å². The molecular formula is C15H16ClNO3S. The Balaban J connectivity index is 1.86. The summed E-state index contributed by atoms with van der Waals surface area (Å²) in [4.78, 5) is 15.6. The highest BCUT2D eigenvalue weighted by molar-refractivity contribution is 7.99. The van der Waals surface area contributed by atoms with Crippen molar-refractivity contribution in [2.45, 2.75) is 25.7 Å². The van der Waals surface area contributed by atoms with Crippen LogP contribution in [0.5, 0.6) is 0 Å². The molecule has 0 saturated heterocycles. The van der Waals surface area contributed by atoms with Gasteiger partial charge in [0.05, 0.1) is 23.8 Å². The highest BCUT2D eigenvalue weighted by atomic mass is 35.5. The lowest BCUT2D eigenvalue weighted by atomic mass is 10.2. The Hall–Kier alpha value is -1.46. The van der Waals surface area contributed by atoms with E-state index in [0.717, 1.165) is 5.56 Å². The Labute approximate surface area is 132 Å². The SMILES string of the molecule is CC(C)OC(=O)CSCc1ncc(-c2ccc(Cl)cc2)o1. The predicted octanol–water partition coefficient (Wildman–Crippen LogP) is 4.18. The maximum absolute atomic E-state index is 11.4. The largest absolute Gasteiger partial charge is 0.462 e. The van der Waals surface area contributed by atoms with E-state index in [9.17, 15) is 4.79 Å². The molecule has 0 aliphatic rings. The fourth-order valence-electron chi connectivity index (χ4n) is 1.64. The highest BCUT2D eigenvalue weighted by Crippen LogP contribution is 2.23. The zero-order chi connectivity index (χ0) is 15.2. The summed E-state index contributed by atoms with van der Waals surface area (Å²) >= 11 is 7.26. The van der Waals surface area contributed by atoms with Crippen molar-refractivity contribution >= 4 is 29.3 Å². The smallest absolute Gasteiger partial charge is 0.316 e. The van der Waals surface area contributed by atoms with Crippen molar-refractivity contribution in [3.05, 3.63) is 41.4 Å². The summed E-state index contributed by atoms with van der Waals surface area (Å²) in [5.74, 6) is 1.87. The summed E-state index contributed by atoms with van der Waals surface area (Å²) in [6.07, 6.45) is 1.59. The molecular weight excluding hydrogens is 310 g/mol. The zero-order valence-corrected chi connectivity index (χ0v) is 13.4. The van der Waals surface area contributed by atoms with Crippen LogP contribution in [0.3, 0.4) is 0 Å². The van der Waals surface area contributed by atoms with Crippen LogP contribution in [0.1, 0.15) is 19.7 Å². The number of carbonyl (C=O) groups excluding carboxylic acids is 1. The van der Waals surface area contributed by atoms with Crippen molar-refractivity contribution < 1.29 is 13.9 Å². The van der Waals surface area contributed by atoms with E-state index in [4.69, 9.17) is 20.8 Å². The monoisotopic (exact) mass is 325 g/mol. The molecule has 1 aromatic carbocycles. The van der Waals surface area contributed by atoms with Gasteiger partial charge < -0.3 is 9.15 Å². The lowest BCUT2D eigenvalue weighted by Crippen LogP contribution is -2.13. The number of ether oxygens (including phenoxy) is 1. The van der Waals surface area contributed by atoms with Crippen LogP contribution in [0.2, 0.25) is 5.02 Å². The number of nitrogens with zero attached hydrogens (tertiary/aromatic N) is 1. The van der Waals surface area contributed by atoms with Gasteiger partial charge >= 0.3 is 5.97 Å². The Morgan fingerprint density at radius 2 is 2.10 bits per heavy atom. The number of benzene rings is 1. The fraction of sp³-hybridized carbons (Fsp3) is 0.333. The van der Waals surface area contributed by atoms with Gasteiger partial charge in [0.2, 0.25) is 5.89 Å². The van der Waals surface area contributed by atoms with E-state index < -0.39 is 0 Å². The number of thioether (sulfide) groups is 1. The quantitative estimate of drug-likeness (QED) is 0.746. The summed E-state index contributed by atoms with van der Waals surface area (Å²) in [7, 11) is 0. The molecule has 112 valence electrons. The normalized spacial score (nSPS) is 10.9. The Morgan fingerprint density at radius 3 is 2.76 bits per heavy atom. The molecule has 1 heterocycles. The van der Waals surface area contributed by atoms with Gasteiger partial charge in [-0.25, -0.2) is 4.98 Å². The highest BCUT2D eigenvalue weighted by Gasteiger charge is 2.09. The van der Waals surface area contributed by atoms with Gasteiger partial charge in [0, 0.05) is 10.6 Å². The molecule has 21 heavy (non-hydrogen) atoms. The number of rotatable bonds is 6. The maximum atomic E-state index is 11.4. The maximum Gasteiger partial charge on any atom is 0.316 e. The van der Waals surface area contributed by atoms with Crippen LogP contribution < -0.4 is 0 Å². The lowest BCUT2D eigenvalue weighted by molar-refractivity contribution is -0.144. The van der Waals surface area contributed by atoms with Gasteiger partial charge in [0.1, 0.15) is 0 Å². The number of esters is 1. The summed E-state index contributed by atoms with van der Waals surface area (Å²) in [5.41, 5.74) is 0.919. The molecule has 0 spiro atoms. The number of oxazole rings is 1. The minimum Gasteiger partial charge on any atom is -0.462 e. The van der Waals surface area contributed by atoms with E-state index in [1.54, 1.807) is 18.3 Å². The molecule has 0 radical (unpaired) electrons. The summed E-state index contributed by atoms with van der Waals surface area (Å²) < 4.78 is 10.7. The lowest BCUT2D eigenvalue weighted by Gasteiger charge is -2.06. The van der Waals surface area contributed by atoms with Gasteiger partial charge in [-0.1, -0.05) is 11.6 Å². The Bertz CT molecular complexity index is 595. The van der Waals surface area contributed by atoms with Gasteiger partial charge in [-0.2, -0.15) is 0 Å². The van der Waals surface area contributed by atoms with E-state index in [1.807, 2.05) is 26.0 Å². The van der Waals surface area contributed by atoms with E-state index in [0.29, 0.717) is 22.4 Å². The van der Waals surface area contributed by atoms with Gasteiger partial charge in [-0.05, 0) is 38.1 Å². The van der Waals surface area contributed by atoms with Crippen LogP contribution in [0, 0.1) is 0 Å². The van der Waals surface area contributed by atoms with Crippen molar-refractivity contribution in [1.82, 2.24) is 4.98 Å². The molecule has 0 atom stereocenters. The van der Waals surface area contributed by atoms with Gasteiger partial charge in [0.25, 0.3) is 0 Å². The van der Waals surface area contributed by atoms with Crippen molar-refractivity contribution in [3.8, 4) is 11.3 Å². The first kappa shape index (κ1) is 15.9. The molecule has 4 nitrogen and oxygen atoms in total. The van der Waals surface area contributed by atoms with E-state index >= 15 is 0 Å². The second-order valence-corrected chi connectivity index (χ2v) is 6.08. The van der Waals surface area contributed by atoms with Crippen LogP contribution in [-0.2, 0) is 15.3 Å². The minimum absolute atomic E-state index is 0.0867. The summed E-state index contributed by atoms with van der Waals surface area (Å²) in [6, 6.07) is 7.35. The summed E-state index contributed by atoms with van der Waals surface area (Å²) in [5, 5.41) is 0.678. The molecule has 0 bridgehead atoms. The summed E-state index contributed by atoms with van der Waals surface area (Å²) in [6.45, 7) is 3.66. The molecule has 0 unspecified atom stereocenters. The molecule has 0 aliphatic carbocycles. The van der Waals surface area contributed by atoms with E-state index in [1.165, 1.54) is 11.8 Å². The Kier molecular flexibility index (Phi) is 5.70. The molecule has 2 aromatic rings. The average molecular weight is 326 g/mol. The van der Waals surface area contributed by atoms with Crippen molar-refractivity contribution in [2.75, 3.05) is 5.75 Å². The number of aromatic nitrogens is 1. The predicted molar refractivity (Wildman–Crippen MR) is 84.3 cm³/mol. The van der Waals surface area contributed by atoms with E-state index in [-0.39, 0.29) is 17.8 Å². The van der Waals surface area contributed by atoms with Gasteiger partial charge in [-0.3, -0.25) is 4.79 Å². The van der Waals surface area contributed by atoms with Gasteiger partial charge in [-0.15, -0.1) is 11.8 Å². The molecule has 2 rings (SSSR count). The zero-order valence-electron chi connectivity index (χ0n) is 11.8. The molecule has 6 heteroatoms. The van der Waals surface area contributed by atoms with Gasteiger partial charge in [0.15, 0.2) is 5.76 Å². The third-order valence-electron chi connectivity index (χ3n) is 2.49. The topological polar surface area (TPSA) is 52.3 Å². The molecule has 0 amide bonds. The first-order valence-electron chi connectivity index (χ1n) is 6.52. The van der Waals surface area contributed by atoms with Crippen molar-refractivity contribution in [2.24, 2.45) is 0 Å². The first-order chi connectivity index (χ1) is 10.0. The van der Waals surface area contributed by atoms with Crippen LogP contribution >= 0.6 is 23.4 Å². The Morgan fingerprint density at radius 1 is 1.38 bits per heavy atom. The molecule has 0 saturated carbocycles. The standard InChI is InChI=1S/C15H16ClNO3S/c1-10(2)19-15(18)9-21-8-14-17-7-13(20-14)11-3-5-12(16)6-4-11/h3-7,10H,8-9H2,1-2H3. The third-order valence-corrected chi connectivity index (χ3v) is 3.64. The average Bonchev–Trinajstić information content (AvgIpc) is 2.87. The molecule has 1 aromatic heterocycles. The van der Waals surface area contributed by atoms with Crippen LogP contribution in [0.15, 0.2) is 34.9 Å². The molecule has 0 fully saturated rings. The van der Waals surface area contributed by atoms with Crippen LogP contribution in [0.4, 0.5) is 0 Å².